The highest BCUT2D eigenvalue weighted by atomic mass is 32.1. The van der Waals surface area contributed by atoms with Crippen LogP contribution >= 0.6 is 11.3 Å². The van der Waals surface area contributed by atoms with Crippen LogP contribution in [0.3, 0.4) is 0 Å². The van der Waals surface area contributed by atoms with Crippen molar-refractivity contribution < 1.29 is 8.22 Å². The van der Waals surface area contributed by atoms with Gasteiger partial charge in [-0.25, -0.2) is 4.98 Å². The molecule has 10 rings (SSSR count). The summed E-state index contributed by atoms with van der Waals surface area (Å²) in [5, 5.41) is 6.93. The first-order chi connectivity index (χ1) is 26.8. The quantitative estimate of drug-likeness (QED) is 0.178. The molecule has 3 aromatic heterocycles. The molecule has 0 amide bonds. The lowest BCUT2D eigenvalue weighted by molar-refractivity contribution is 1.37. The van der Waals surface area contributed by atoms with Gasteiger partial charge in [-0.2, -0.15) is 0 Å². The first-order valence-corrected chi connectivity index (χ1v) is 16.9. The molecule has 10 aromatic rings. The number of benzene rings is 7. The zero-order valence-corrected chi connectivity index (χ0v) is 26.8. The molecule has 0 spiro atoms. The summed E-state index contributed by atoms with van der Waals surface area (Å²) in [7, 11) is 0. The lowest BCUT2D eigenvalue weighted by Crippen LogP contribution is -1.91. The van der Waals surface area contributed by atoms with Crippen molar-refractivity contribution in [2.24, 2.45) is 0 Å². The molecule has 0 unspecified atom stereocenters. The summed E-state index contributed by atoms with van der Waals surface area (Å²) in [6, 6.07) is 40.9. The Balaban J connectivity index is 1.12. The van der Waals surface area contributed by atoms with Gasteiger partial charge in [0.05, 0.1) is 25.0 Å². The molecule has 0 bridgehead atoms. The predicted molar refractivity (Wildman–Crippen MR) is 209 cm³/mol. The molecule has 0 aliphatic rings. The second-order valence-electron chi connectivity index (χ2n) is 12.1. The largest absolute Gasteiger partial charge is 0.254 e. The number of hydrogen-bond acceptors (Lipinski definition) is 3. The molecule has 2 nitrogen and oxygen atoms in total. The standard InChI is InChI=1S/C46H28N2S/c1-2-10-34-33(8-1)28-41(39-14-6-4-11-36(34)39)44-26-25-43(49-44)30-17-15-29(16-18-30)35-22-23-40(38-13-5-3-12-37(35)38)42-24-21-32-20-19-31-9-7-27-47-45(31)46(32)48-42/h1-28H/i3D,5D,12D,13D,22D,23D. The van der Waals surface area contributed by atoms with Gasteiger partial charge in [0.25, 0.3) is 0 Å². The predicted octanol–water partition coefficient (Wildman–Crippen LogP) is 13.0. The van der Waals surface area contributed by atoms with Crippen molar-refractivity contribution in [3.8, 4) is 43.3 Å². The molecule has 0 N–H and O–H groups in total. The van der Waals surface area contributed by atoms with Gasteiger partial charge in [-0.15, -0.1) is 11.3 Å². The molecule has 228 valence electrons. The Bertz CT molecular complexity index is 3230. The van der Waals surface area contributed by atoms with E-state index in [9.17, 15) is 2.74 Å². The number of hydrogen-bond donors (Lipinski definition) is 0. The highest BCUT2D eigenvalue weighted by Crippen LogP contribution is 2.42. The lowest BCUT2D eigenvalue weighted by Gasteiger charge is -2.13. The fourth-order valence-electron chi connectivity index (χ4n) is 6.91. The van der Waals surface area contributed by atoms with Gasteiger partial charge in [0.15, 0.2) is 0 Å². The third-order valence-corrected chi connectivity index (χ3v) is 10.5. The van der Waals surface area contributed by atoms with Gasteiger partial charge in [-0.05, 0) is 79.3 Å². The van der Waals surface area contributed by atoms with Crippen LogP contribution in [0.4, 0.5) is 0 Å². The molecular formula is C46H28N2S. The third-order valence-electron chi connectivity index (χ3n) is 9.29. The van der Waals surface area contributed by atoms with E-state index in [0.717, 1.165) is 26.1 Å². The van der Waals surface area contributed by atoms with E-state index in [4.69, 9.17) is 10.5 Å². The minimum atomic E-state index is -0.405. The zero-order chi connectivity index (χ0) is 37.5. The summed E-state index contributed by atoms with van der Waals surface area (Å²) in [4.78, 5) is 11.7. The molecule has 0 saturated heterocycles. The Morgan fingerprint density at radius 3 is 1.96 bits per heavy atom. The van der Waals surface area contributed by atoms with Crippen LogP contribution in [0.15, 0.2) is 170 Å². The maximum Gasteiger partial charge on any atom is 0.0972 e. The van der Waals surface area contributed by atoms with E-state index in [-0.39, 0.29) is 46.1 Å². The molecule has 3 heteroatoms. The fraction of sp³-hybridized carbons (Fsp3) is 0. The van der Waals surface area contributed by atoms with Crippen LogP contribution in [0.5, 0.6) is 0 Å². The van der Waals surface area contributed by atoms with Crippen LogP contribution in [0.2, 0.25) is 0 Å². The Morgan fingerprint density at radius 1 is 0.449 bits per heavy atom. The van der Waals surface area contributed by atoms with E-state index < -0.39 is 12.1 Å². The minimum Gasteiger partial charge on any atom is -0.254 e. The van der Waals surface area contributed by atoms with Crippen molar-refractivity contribution in [3.05, 3.63) is 170 Å². The SMILES string of the molecule is [2H]c1c([2H])c([2H])c2c(-c3ccc4ccc5cccnc5c4n3)c([2H])c([2H])c(-c3ccc(-c4ccc(-c5cc6ccccc6c6ccccc56)s4)cc3)c2c1[2H]. The normalized spacial score (nSPS) is 13.4. The van der Waals surface area contributed by atoms with Gasteiger partial charge in [0.2, 0.25) is 0 Å². The molecule has 7 aromatic carbocycles. The number of rotatable bonds is 4. The molecular weight excluding hydrogens is 613 g/mol. The van der Waals surface area contributed by atoms with Crippen molar-refractivity contribution in [3.63, 3.8) is 0 Å². The molecule has 0 saturated carbocycles. The molecule has 0 aliphatic heterocycles. The van der Waals surface area contributed by atoms with Gasteiger partial charge in [-0.1, -0.05) is 133 Å². The van der Waals surface area contributed by atoms with Crippen LogP contribution in [-0.2, 0) is 0 Å². The van der Waals surface area contributed by atoms with Crippen molar-refractivity contribution in [1.29, 1.82) is 0 Å². The zero-order valence-electron chi connectivity index (χ0n) is 32.0. The molecule has 0 fully saturated rings. The second-order valence-corrected chi connectivity index (χ2v) is 13.2. The average molecular weight is 647 g/mol. The maximum absolute atomic E-state index is 9.35. The first kappa shape index (κ1) is 22.4. The number of fused-ring (bicyclic) bond motifs is 7. The number of nitrogens with zero attached hydrogens (tertiary/aromatic N) is 2. The maximum atomic E-state index is 9.35. The highest BCUT2D eigenvalue weighted by molar-refractivity contribution is 7.19. The molecule has 0 aliphatic carbocycles. The van der Waals surface area contributed by atoms with Crippen LogP contribution in [-0.4, -0.2) is 9.97 Å². The molecule has 0 atom stereocenters. The Kier molecular flexibility index (Phi) is 5.14. The van der Waals surface area contributed by atoms with E-state index in [0.29, 0.717) is 22.3 Å². The van der Waals surface area contributed by atoms with Crippen LogP contribution in [0, 0.1) is 0 Å². The van der Waals surface area contributed by atoms with Crippen molar-refractivity contribution >= 4 is 65.5 Å². The third kappa shape index (κ3) is 4.62. The van der Waals surface area contributed by atoms with Gasteiger partial charge in [0, 0.05) is 37.9 Å². The van der Waals surface area contributed by atoms with Crippen LogP contribution in [0.25, 0.3) is 97.4 Å². The van der Waals surface area contributed by atoms with Crippen molar-refractivity contribution in [2.75, 3.05) is 0 Å². The second kappa shape index (κ2) is 11.2. The number of aromatic nitrogens is 2. The Hall–Kier alpha value is -6.16. The fourth-order valence-corrected chi connectivity index (χ4v) is 7.95. The summed E-state index contributed by atoms with van der Waals surface area (Å²) in [5.74, 6) is 0. The first-order valence-electron chi connectivity index (χ1n) is 19.1. The van der Waals surface area contributed by atoms with E-state index in [1.165, 1.54) is 27.1 Å². The smallest absolute Gasteiger partial charge is 0.0972 e. The minimum absolute atomic E-state index is 0.139. The van der Waals surface area contributed by atoms with Crippen LogP contribution < -0.4 is 0 Å². The summed E-state index contributed by atoms with van der Waals surface area (Å²) >= 11 is 1.70. The summed E-state index contributed by atoms with van der Waals surface area (Å²) in [5.41, 5.74) is 4.85. The van der Waals surface area contributed by atoms with Crippen LogP contribution in [0.1, 0.15) is 8.22 Å². The molecule has 49 heavy (non-hydrogen) atoms. The van der Waals surface area contributed by atoms with Gasteiger partial charge in [0.1, 0.15) is 0 Å². The van der Waals surface area contributed by atoms with Gasteiger partial charge < -0.3 is 0 Å². The summed E-state index contributed by atoms with van der Waals surface area (Å²) in [6.07, 6.45) is 1.70. The van der Waals surface area contributed by atoms with E-state index >= 15 is 0 Å². The van der Waals surface area contributed by atoms with Crippen molar-refractivity contribution in [2.45, 2.75) is 0 Å². The highest BCUT2D eigenvalue weighted by Gasteiger charge is 2.14. The molecule has 3 heterocycles. The van der Waals surface area contributed by atoms with Gasteiger partial charge >= 0.3 is 0 Å². The Morgan fingerprint density at radius 2 is 1.10 bits per heavy atom. The molecule has 0 radical (unpaired) electrons. The van der Waals surface area contributed by atoms with Crippen molar-refractivity contribution in [1.82, 2.24) is 9.97 Å². The summed E-state index contributed by atoms with van der Waals surface area (Å²) in [6.45, 7) is 0. The lowest BCUT2D eigenvalue weighted by atomic mass is 9.93. The topological polar surface area (TPSA) is 25.8 Å². The monoisotopic (exact) mass is 646 g/mol. The Labute approximate surface area is 296 Å². The number of pyridine rings is 2. The number of thiophene rings is 1. The van der Waals surface area contributed by atoms with Gasteiger partial charge in [-0.3, -0.25) is 4.98 Å². The van der Waals surface area contributed by atoms with E-state index in [1.54, 1.807) is 23.6 Å². The summed E-state index contributed by atoms with van der Waals surface area (Å²) < 4.78 is 54.1. The average Bonchev–Trinajstić information content (AvgIpc) is 3.73. The van der Waals surface area contributed by atoms with E-state index in [1.807, 2.05) is 54.6 Å². The van der Waals surface area contributed by atoms with E-state index in [2.05, 4.69) is 71.7 Å².